The second-order valence-electron chi connectivity index (χ2n) is 3.50. The number of carbonyl (C=O) groups is 1. The zero-order valence-corrected chi connectivity index (χ0v) is 11.2. The number of carbonyl (C=O) groups excluding carboxylic acids is 1. The Labute approximate surface area is 121 Å². The molecule has 0 heterocycles. The summed E-state index contributed by atoms with van der Waals surface area (Å²) in [5.74, 6) is 7.79. The summed E-state index contributed by atoms with van der Waals surface area (Å²) < 4.78 is 0. The van der Waals surface area contributed by atoms with Crippen molar-refractivity contribution in [3.05, 3.63) is 75.8 Å². The predicted octanol–water partition coefficient (Wildman–Crippen LogP) is 2.07. The molecule has 0 atom stereocenters. The minimum absolute atomic E-state index is 0. The molecule has 2 aromatic carbocycles. The molecular formula is C13H14ClN3O3. The van der Waals surface area contributed by atoms with Crippen molar-refractivity contribution >= 4 is 23.9 Å². The number of nitro groups is 1. The van der Waals surface area contributed by atoms with E-state index < -0.39 is 4.92 Å². The highest BCUT2D eigenvalue weighted by molar-refractivity contribution is 6.09. The van der Waals surface area contributed by atoms with E-state index >= 15 is 0 Å². The van der Waals surface area contributed by atoms with Crippen molar-refractivity contribution in [3.63, 3.8) is 0 Å². The van der Waals surface area contributed by atoms with Crippen LogP contribution in [0, 0.1) is 10.1 Å². The number of hydrogen-bond acceptors (Lipinski definition) is 5. The van der Waals surface area contributed by atoms with E-state index in [1.807, 2.05) is 6.07 Å². The van der Waals surface area contributed by atoms with Crippen molar-refractivity contribution in [1.82, 2.24) is 0 Å². The molecule has 6 nitrogen and oxygen atoms in total. The quantitative estimate of drug-likeness (QED) is 0.389. The van der Waals surface area contributed by atoms with Crippen LogP contribution in [0.25, 0.3) is 0 Å². The Morgan fingerprint density at radius 1 is 0.950 bits per heavy atom. The van der Waals surface area contributed by atoms with Crippen LogP contribution in [-0.4, -0.2) is 10.7 Å². The normalized spacial score (nSPS) is 8.70. The van der Waals surface area contributed by atoms with Gasteiger partial charge in [-0.1, -0.05) is 42.5 Å². The molecule has 0 bridgehead atoms. The maximum atomic E-state index is 12.0. The van der Waals surface area contributed by atoms with Gasteiger partial charge in [0.15, 0.2) is 5.78 Å². The molecule has 0 amide bonds. The van der Waals surface area contributed by atoms with Crippen LogP contribution in [0.1, 0.15) is 15.9 Å². The number of nitro benzene ring substituents is 1. The zero-order chi connectivity index (χ0) is 14.3. The number of nitrogens with two attached hydrogens (primary N) is 2. The van der Waals surface area contributed by atoms with Gasteiger partial charge in [-0.15, -0.1) is 12.4 Å². The molecule has 0 aliphatic carbocycles. The number of benzene rings is 2. The molecule has 2 rings (SSSR count). The highest BCUT2D eigenvalue weighted by atomic mass is 35.5. The lowest BCUT2D eigenvalue weighted by Crippen LogP contribution is -2.02. The summed E-state index contributed by atoms with van der Waals surface area (Å²) in [5, 5.41) is 10.6. The summed E-state index contributed by atoms with van der Waals surface area (Å²) in [5.41, 5.74) is 0.769. The molecule has 20 heavy (non-hydrogen) atoms. The fourth-order valence-electron chi connectivity index (χ4n) is 1.52. The highest BCUT2D eigenvalue weighted by Crippen LogP contribution is 2.16. The van der Waals surface area contributed by atoms with E-state index in [9.17, 15) is 14.9 Å². The summed E-state index contributed by atoms with van der Waals surface area (Å²) >= 11 is 0. The highest BCUT2D eigenvalue weighted by Gasteiger charge is 2.12. The smallest absolute Gasteiger partial charge is 0.270 e. The van der Waals surface area contributed by atoms with E-state index in [4.69, 9.17) is 0 Å². The maximum Gasteiger partial charge on any atom is 0.270 e. The lowest BCUT2D eigenvalue weighted by molar-refractivity contribution is -0.384. The average molecular weight is 296 g/mol. The van der Waals surface area contributed by atoms with Crippen molar-refractivity contribution in [2.24, 2.45) is 11.7 Å². The number of ketones is 1. The lowest BCUT2D eigenvalue weighted by Gasteiger charge is -2.00. The fourth-order valence-corrected chi connectivity index (χ4v) is 1.52. The van der Waals surface area contributed by atoms with Crippen LogP contribution >= 0.6 is 12.4 Å². The average Bonchev–Trinajstić information content (AvgIpc) is 2.49. The molecule has 106 valence electrons. The molecular weight excluding hydrogens is 282 g/mol. The molecule has 0 saturated carbocycles. The first-order chi connectivity index (χ1) is 9.18. The second kappa shape index (κ2) is 8.76. The Balaban J connectivity index is 0.00000115. The van der Waals surface area contributed by atoms with Gasteiger partial charge < -0.3 is 0 Å². The molecule has 0 aliphatic rings. The van der Waals surface area contributed by atoms with Crippen LogP contribution in [-0.2, 0) is 0 Å². The third kappa shape index (κ3) is 4.43. The zero-order valence-electron chi connectivity index (χ0n) is 10.4. The molecule has 0 fully saturated rings. The van der Waals surface area contributed by atoms with Gasteiger partial charge in [-0.05, 0) is 0 Å². The number of hydrazine groups is 1. The van der Waals surface area contributed by atoms with E-state index in [1.165, 1.54) is 18.2 Å². The van der Waals surface area contributed by atoms with E-state index in [2.05, 4.69) is 11.7 Å². The largest absolute Gasteiger partial charge is 0.289 e. The number of halogens is 1. The Morgan fingerprint density at radius 3 is 2.05 bits per heavy atom. The number of nitrogens with zero attached hydrogens (tertiary/aromatic N) is 1. The SMILES string of the molecule is Cl.NN.O=C(c1ccccc1)c1cccc([N+](=O)[O-])c1. The van der Waals surface area contributed by atoms with E-state index in [0.717, 1.165) is 0 Å². The third-order valence-electron chi connectivity index (χ3n) is 2.36. The maximum absolute atomic E-state index is 12.0. The molecule has 0 radical (unpaired) electrons. The summed E-state index contributed by atoms with van der Waals surface area (Å²) in [6, 6.07) is 14.4. The van der Waals surface area contributed by atoms with Crippen molar-refractivity contribution in [3.8, 4) is 0 Å². The predicted molar refractivity (Wildman–Crippen MR) is 78.6 cm³/mol. The van der Waals surface area contributed by atoms with Gasteiger partial charge in [0, 0.05) is 23.3 Å². The van der Waals surface area contributed by atoms with Gasteiger partial charge in [0.1, 0.15) is 0 Å². The summed E-state index contributed by atoms with van der Waals surface area (Å²) in [7, 11) is 0. The monoisotopic (exact) mass is 295 g/mol. The van der Waals surface area contributed by atoms with Crippen molar-refractivity contribution in [2.45, 2.75) is 0 Å². The number of non-ortho nitro benzene ring substituents is 1. The van der Waals surface area contributed by atoms with Crippen LogP contribution in [0.5, 0.6) is 0 Å². The van der Waals surface area contributed by atoms with Crippen LogP contribution in [0.2, 0.25) is 0 Å². The number of rotatable bonds is 3. The molecule has 0 aliphatic heterocycles. The Kier molecular flexibility index (Phi) is 7.76. The minimum Gasteiger partial charge on any atom is -0.289 e. The van der Waals surface area contributed by atoms with Crippen molar-refractivity contribution in [2.75, 3.05) is 0 Å². The van der Waals surface area contributed by atoms with Gasteiger partial charge in [-0.25, -0.2) is 0 Å². The molecule has 0 spiro atoms. The van der Waals surface area contributed by atoms with Gasteiger partial charge in [-0.2, -0.15) is 0 Å². The van der Waals surface area contributed by atoms with Crippen LogP contribution in [0.3, 0.4) is 0 Å². The van der Waals surface area contributed by atoms with Gasteiger partial charge in [0.2, 0.25) is 0 Å². The molecule has 0 saturated heterocycles. The summed E-state index contributed by atoms with van der Waals surface area (Å²) in [6.45, 7) is 0. The van der Waals surface area contributed by atoms with Crippen LogP contribution < -0.4 is 11.7 Å². The minimum atomic E-state index is -0.512. The number of hydrogen-bond donors (Lipinski definition) is 2. The van der Waals surface area contributed by atoms with E-state index in [1.54, 1.807) is 30.3 Å². The molecule has 4 N–H and O–H groups in total. The van der Waals surface area contributed by atoms with Gasteiger partial charge >= 0.3 is 0 Å². The second-order valence-corrected chi connectivity index (χ2v) is 3.50. The van der Waals surface area contributed by atoms with Crippen molar-refractivity contribution in [1.29, 1.82) is 0 Å². The van der Waals surface area contributed by atoms with E-state index in [0.29, 0.717) is 11.1 Å². The third-order valence-corrected chi connectivity index (χ3v) is 2.36. The lowest BCUT2D eigenvalue weighted by atomic mass is 10.0. The molecule has 0 unspecified atom stereocenters. The first-order valence-corrected chi connectivity index (χ1v) is 5.36. The molecule has 7 heteroatoms. The summed E-state index contributed by atoms with van der Waals surface area (Å²) in [4.78, 5) is 22.1. The Hall–Kier alpha value is -2.28. The van der Waals surface area contributed by atoms with E-state index in [-0.39, 0.29) is 23.9 Å². The topological polar surface area (TPSA) is 112 Å². The molecule has 2 aromatic rings. The van der Waals surface area contributed by atoms with Crippen LogP contribution in [0.15, 0.2) is 54.6 Å². The van der Waals surface area contributed by atoms with Gasteiger partial charge in [-0.3, -0.25) is 26.6 Å². The first-order valence-electron chi connectivity index (χ1n) is 5.36. The van der Waals surface area contributed by atoms with Crippen LogP contribution in [0.4, 0.5) is 5.69 Å². The van der Waals surface area contributed by atoms with Crippen molar-refractivity contribution < 1.29 is 9.72 Å². The fraction of sp³-hybridized carbons (Fsp3) is 0. The van der Waals surface area contributed by atoms with Gasteiger partial charge in [0.25, 0.3) is 5.69 Å². The standard InChI is InChI=1S/C13H9NO3.ClH.H4N2/c15-13(10-5-2-1-3-6-10)11-7-4-8-12(9-11)14(16)17;;1-2/h1-9H;1H;1-2H2. The first kappa shape index (κ1) is 17.7. The van der Waals surface area contributed by atoms with Gasteiger partial charge in [0.05, 0.1) is 4.92 Å². The Bertz CT molecular complexity index is 576. The Morgan fingerprint density at radius 2 is 1.50 bits per heavy atom. The molecule has 0 aromatic heterocycles. The summed E-state index contributed by atoms with van der Waals surface area (Å²) in [6.07, 6.45) is 0.